The first kappa shape index (κ1) is 10.7. The van der Waals surface area contributed by atoms with Crippen LogP contribution in [-0.4, -0.2) is 4.57 Å². The van der Waals surface area contributed by atoms with Crippen LogP contribution in [0.3, 0.4) is 0 Å². The second kappa shape index (κ2) is 4.39. The van der Waals surface area contributed by atoms with Crippen molar-refractivity contribution in [2.75, 3.05) is 0 Å². The molecule has 0 bridgehead atoms. The summed E-state index contributed by atoms with van der Waals surface area (Å²) in [5.74, 6) is 0. The van der Waals surface area contributed by atoms with Crippen molar-refractivity contribution in [3.63, 3.8) is 0 Å². The molecule has 2 nitrogen and oxygen atoms in total. The molecule has 1 aromatic heterocycles. The van der Waals surface area contributed by atoms with E-state index in [1.54, 1.807) is 28.3 Å². The van der Waals surface area contributed by atoms with E-state index in [0.717, 1.165) is 5.56 Å². The molecule has 0 N–H and O–H groups in total. The highest BCUT2D eigenvalue weighted by Gasteiger charge is 2.02. The van der Waals surface area contributed by atoms with E-state index in [1.165, 1.54) is 11.3 Å². The predicted molar refractivity (Wildman–Crippen MR) is 64.1 cm³/mol. The third kappa shape index (κ3) is 2.43. The van der Waals surface area contributed by atoms with Crippen LogP contribution in [0.4, 0.5) is 0 Å². The van der Waals surface area contributed by atoms with Crippen molar-refractivity contribution in [3.8, 4) is 0 Å². The van der Waals surface area contributed by atoms with Gasteiger partial charge in [-0.3, -0.25) is 4.79 Å². The fourth-order valence-electron chi connectivity index (χ4n) is 1.24. The van der Waals surface area contributed by atoms with Gasteiger partial charge < -0.3 is 4.57 Å². The Balaban J connectivity index is 2.29. The maximum atomic E-state index is 11.3. The molecule has 2 aromatic rings. The zero-order chi connectivity index (χ0) is 10.8. The van der Waals surface area contributed by atoms with Gasteiger partial charge in [0, 0.05) is 11.6 Å². The lowest BCUT2D eigenvalue weighted by Gasteiger charge is -2.03. The first-order valence-electron chi connectivity index (χ1n) is 4.24. The summed E-state index contributed by atoms with van der Waals surface area (Å²) >= 11 is 12.9. The van der Waals surface area contributed by atoms with E-state index in [1.807, 2.05) is 6.07 Å². The Morgan fingerprint density at radius 1 is 1.27 bits per heavy atom. The summed E-state index contributed by atoms with van der Waals surface area (Å²) in [7, 11) is 0. The molecule has 0 saturated carbocycles. The molecule has 0 amide bonds. The van der Waals surface area contributed by atoms with Crippen molar-refractivity contribution in [2.45, 2.75) is 6.54 Å². The number of benzene rings is 1. The topological polar surface area (TPSA) is 22.0 Å². The number of hydrogen-bond donors (Lipinski definition) is 0. The Labute approximate surface area is 101 Å². The number of hydrogen-bond acceptors (Lipinski definition) is 2. The highest BCUT2D eigenvalue weighted by molar-refractivity contribution is 7.07. The summed E-state index contributed by atoms with van der Waals surface area (Å²) in [4.78, 5) is 11.3. The van der Waals surface area contributed by atoms with E-state index in [9.17, 15) is 4.79 Å². The first-order chi connectivity index (χ1) is 7.16. The van der Waals surface area contributed by atoms with E-state index < -0.39 is 0 Å². The average molecular weight is 260 g/mol. The zero-order valence-electron chi connectivity index (χ0n) is 7.61. The van der Waals surface area contributed by atoms with Crippen LogP contribution in [0.1, 0.15) is 5.56 Å². The number of thiazole rings is 1. The van der Waals surface area contributed by atoms with Crippen LogP contribution in [-0.2, 0) is 6.54 Å². The summed E-state index contributed by atoms with van der Waals surface area (Å²) in [6.07, 6.45) is 1.76. The Morgan fingerprint density at radius 2 is 2.07 bits per heavy atom. The van der Waals surface area contributed by atoms with Gasteiger partial charge in [0.15, 0.2) is 0 Å². The number of halogens is 2. The molecule has 0 saturated heterocycles. The van der Waals surface area contributed by atoms with Crippen LogP contribution in [0.5, 0.6) is 0 Å². The van der Waals surface area contributed by atoms with E-state index in [0.29, 0.717) is 16.6 Å². The summed E-state index contributed by atoms with van der Waals surface area (Å²) in [6, 6.07) is 5.36. The predicted octanol–water partition coefficient (Wildman–Crippen LogP) is 3.26. The van der Waals surface area contributed by atoms with Crippen LogP contribution in [0.25, 0.3) is 0 Å². The molecule has 0 atom stereocenters. The van der Waals surface area contributed by atoms with Gasteiger partial charge in [0.25, 0.3) is 0 Å². The van der Waals surface area contributed by atoms with Crippen LogP contribution in [0, 0.1) is 0 Å². The fourth-order valence-corrected chi connectivity index (χ4v) is 2.15. The smallest absolute Gasteiger partial charge is 0.302 e. The molecule has 0 aliphatic heterocycles. The monoisotopic (exact) mass is 259 g/mol. The number of nitrogens with zero attached hydrogens (tertiary/aromatic N) is 1. The van der Waals surface area contributed by atoms with Crippen molar-refractivity contribution < 1.29 is 0 Å². The largest absolute Gasteiger partial charge is 0.307 e. The average Bonchev–Trinajstić information content (AvgIpc) is 2.59. The molecule has 5 heteroatoms. The van der Waals surface area contributed by atoms with E-state index in [2.05, 4.69) is 0 Å². The maximum absolute atomic E-state index is 11.3. The molecule has 0 unspecified atom stereocenters. The Hall–Kier alpha value is -0.770. The molecule has 0 spiro atoms. The molecule has 0 aliphatic rings. The molecule has 15 heavy (non-hydrogen) atoms. The minimum Gasteiger partial charge on any atom is -0.302 e. The standard InChI is InChI=1S/C10H7Cl2NOS/c11-8-2-1-7(5-9(8)12)6-13-3-4-15-10(13)14/h1-5H,6H2. The quantitative estimate of drug-likeness (QED) is 0.812. The van der Waals surface area contributed by atoms with Gasteiger partial charge >= 0.3 is 4.87 Å². The molecular formula is C10H7Cl2NOS. The fraction of sp³-hybridized carbons (Fsp3) is 0.100. The summed E-state index contributed by atoms with van der Waals surface area (Å²) < 4.78 is 1.63. The molecule has 0 aliphatic carbocycles. The Bertz CT molecular complexity index is 532. The third-order valence-electron chi connectivity index (χ3n) is 1.98. The van der Waals surface area contributed by atoms with Crippen LogP contribution >= 0.6 is 34.5 Å². The number of aromatic nitrogens is 1. The van der Waals surface area contributed by atoms with E-state index in [4.69, 9.17) is 23.2 Å². The lowest BCUT2D eigenvalue weighted by atomic mass is 10.2. The van der Waals surface area contributed by atoms with Crippen LogP contribution in [0.2, 0.25) is 10.0 Å². The van der Waals surface area contributed by atoms with Gasteiger partial charge in [-0.25, -0.2) is 0 Å². The molecule has 1 aromatic carbocycles. The van der Waals surface area contributed by atoms with Gasteiger partial charge in [-0.2, -0.15) is 0 Å². The molecule has 0 radical (unpaired) electrons. The van der Waals surface area contributed by atoms with Crippen LogP contribution < -0.4 is 4.87 Å². The van der Waals surface area contributed by atoms with Gasteiger partial charge in [0.05, 0.1) is 16.6 Å². The second-order valence-corrected chi connectivity index (χ2v) is 4.72. The lowest BCUT2D eigenvalue weighted by molar-refractivity contribution is 0.784. The summed E-state index contributed by atoms with van der Waals surface area (Å²) in [5, 5.41) is 2.80. The van der Waals surface area contributed by atoms with Crippen molar-refractivity contribution in [1.29, 1.82) is 0 Å². The molecule has 78 valence electrons. The van der Waals surface area contributed by atoms with Crippen molar-refractivity contribution in [2.24, 2.45) is 0 Å². The van der Waals surface area contributed by atoms with Gasteiger partial charge in [-0.1, -0.05) is 40.6 Å². The highest BCUT2D eigenvalue weighted by atomic mass is 35.5. The number of rotatable bonds is 2. The summed E-state index contributed by atoms with van der Waals surface area (Å²) in [6.45, 7) is 0.527. The van der Waals surface area contributed by atoms with E-state index in [-0.39, 0.29) is 4.87 Å². The second-order valence-electron chi connectivity index (χ2n) is 3.05. The van der Waals surface area contributed by atoms with Crippen molar-refractivity contribution >= 4 is 34.5 Å². The minimum atomic E-state index is 0.0288. The minimum absolute atomic E-state index is 0.0288. The van der Waals surface area contributed by atoms with Crippen molar-refractivity contribution in [1.82, 2.24) is 4.57 Å². The SMILES string of the molecule is O=c1sccn1Cc1ccc(Cl)c(Cl)c1. The van der Waals surface area contributed by atoms with Gasteiger partial charge in [-0.05, 0) is 17.7 Å². The molecular weight excluding hydrogens is 253 g/mol. The molecule has 1 heterocycles. The third-order valence-corrected chi connectivity index (χ3v) is 3.41. The van der Waals surface area contributed by atoms with Crippen LogP contribution in [0.15, 0.2) is 34.6 Å². The van der Waals surface area contributed by atoms with Gasteiger partial charge in [0.2, 0.25) is 0 Å². The normalized spacial score (nSPS) is 10.5. The van der Waals surface area contributed by atoms with Crippen molar-refractivity contribution in [3.05, 3.63) is 55.1 Å². The molecule has 0 fully saturated rings. The lowest BCUT2D eigenvalue weighted by Crippen LogP contribution is -2.12. The Kier molecular flexibility index (Phi) is 3.14. The first-order valence-corrected chi connectivity index (χ1v) is 5.88. The van der Waals surface area contributed by atoms with Gasteiger partial charge in [0.1, 0.15) is 0 Å². The highest BCUT2D eigenvalue weighted by Crippen LogP contribution is 2.22. The maximum Gasteiger partial charge on any atom is 0.307 e. The van der Waals surface area contributed by atoms with E-state index >= 15 is 0 Å². The Morgan fingerprint density at radius 3 is 2.67 bits per heavy atom. The summed E-state index contributed by atoms with van der Waals surface area (Å²) in [5.41, 5.74) is 0.963. The molecule has 2 rings (SSSR count). The van der Waals surface area contributed by atoms with Gasteiger partial charge in [-0.15, -0.1) is 0 Å². The zero-order valence-corrected chi connectivity index (χ0v) is 9.94.